The predicted octanol–water partition coefficient (Wildman–Crippen LogP) is 0.609. The smallest absolute Gasteiger partial charge is 0.235 e. The molecule has 92 valence electrons. The second kappa shape index (κ2) is 5.99. The molecule has 0 fully saturated rings. The Kier molecular flexibility index (Phi) is 5.22. The Morgan fingerprint density at radius 2 is 2.25 bits per heavy atom. The van der Waals surface area contributed by atoms with Crippen molar-refractivity contribution in [1.29, 1.82) is 0 Å². The van der Waals surface area contributed by atoms with Crippen molar-refractivity contribution < 1.29 is 8.42 Å². The van der Waals surface area contributed by atoms with Gasteiger partial charge >= 0.3 is 0 Å². The number of nitrogens with one attached hydrogen (secondary N) is 1. The summed E-state index contributed by atoms with van der Waals surface area (Å²) in [5.41, 5.74) is 0. The lowest BCUT2D eigenvalue weighted by molar-refractivity contribution is 0.560. The van der Waals surface area contributed by atoms with Crippen LogP contribution in [0.3, 0.4) is 0 Å². The Labute approximate surface area is 107 Å². The average Bonchev–Trinajstić information content (AvgIpc) is 2.54. The lowest BCUT2D eigenvalue weighted by atomic mass is 10.5. The molecule has 1 rings (SSSR count). The fourth-order valence-corrected chi connectivity index (χ4v) is 3.70. The van der Waals surface area contributed by atoms with Crippen molar-refractivity contribution in [3.8, 4) is 0 Å². The van der Waals surface area contributed by atoms with Crippen molar-refractivity contribution in [3.05, 3.63) is 4.60 Å². The highest BCUT2D eigenvalue weighted by Gasteiger charge is 2.22. The topological polar surface area (TPSA) is 76.9 Å². The predicted molar refractivity (Wildman–Crippen MR) is 66.9 cm³/mol. The Bertz CT molecular complexity index is 426. The maximum absolute atomic E-state index is 11.8. The van der Waals surface area contributed by atoms with Gasteiger partial charge in [-0.2, -0.15) is 11.8 Å². The van der Waals surface area contributed by atoms with E-state index in [0.717, 1.165) is 12.2 Å². The van der Waals surface area contributed by atoms with E-state index >= 15 is 0 Å². The molecule has 0 saturated carbocycles. The Hall–Kier alpha value is -0.120. The molecule has 0 radical (unpaired) electrons. The molecule has 1 N–H and O–H groups in total. The van der Waals surface area contributed by atoms with Crippen molar-refractivity contribution >= 4 is 37.7 Å². The highest BCUT2D eigenvalue weighted by Crippen LogP contribution is 2.17. The zero-order valence-corrected chi connectivity index (χ0v) is 12.2. The van der Waals surface area contributed by atoms with E-state index in [2.05, 4.69) is 31.0 Å². The van der Waals surface area contributed by atoms with Crippen molar-refractivity contribution in [1.82, 2.24) is 19.7 Å². The average molecular weight is 329 g/mol. The van der Waals surface area contributed by atoms with Gasteiger partial charge < -0.3 is 0 Å². The lowest BCUT2D eigenvalue weighted by Crippen LogP contribution is -2.27. The van der Waals surface area contributed by atoms with E-state index in [4.69, 9.17) is 0 Å². The molecule has 0 aliphatic rings. The standard InChI is InChI=1S/C7H13BrN4O2S2/c1-12-7(6(8)10-11-12)16(13,14)9-4-3-5-15-2/h9H,3-5H2,1-2H3. The van der Waals surface area contributed by atoms with E-state index in [0.29, 0.717) is 6.54 Å². The third-order valence-corrected chi connectivity index (χ3v) is 4.85. The number of rotatable bonds is 6. The Balaban J connectivity index is 2.71. The van der Waals surface area contributed by atoms with Crippen LogP contribution in [0.15, 0.2) is 9.63 Å². The van der Waals surface area contributed by atoms with Gasteiger partial charge in [0.05, 0.1) is 0 Å². The lowest BCUT2D eigenvalue weighted by Gasteiger charge is -2.05. The molecule has 9 heteroatoms. The quantitative estimate of drug-likeness (QED) is 0.774. The highest BCUT2D eigenvalue weighted by atomic mass is 79.9. The van der Waals surface area contributed by atoms with Crippen molar-refractivity contribution in [2.75, 3.05) is 18.6 Å². The number of aryl methyl sites for hydroxylation is 1. The maximum atomic E-state index is 11.8. The summed E-state index contributed by atoms with van der Waals surface area (Å²) in [4.78, 5) is 0. The summed E-state index contributed by atoms with van der Waals surface area (Å²) >= 11 is 4.74. The summed E-state index contributed by atoms with van der Waals surface area (Å²) in [6.45, 7) is 0.417. The van der Waals surface area contributed by atoms with Crippen molar-refractivity contribution in [2.45, 2.75) is 11.4 Å². The first-order valence-corrected chi connectivity index (χ1v) is 8.20. The summed E-state index contributed by atoms with van der Waals surface area (Å²) in [5.74, 6) is 0.924. The number of hydrogen-bond acceptors (Lipinski definition) is 5. The number of sulfonamides is 1. The molecule has 0 amide bonds. The molecule has 1 heterocycles. The molecule has 0 unspecified atom stereocenters. The third-order valence-electron chi connectivity index (χ3n) is 1.81. The van der Waals surface area contributed by atoms with Gasteiger partial charge in [-0.25, -0.2) is 17.8 Å². The zero-order chi connectivity index (χ0) is 12.2. The summed E-state index contributed by atoms with van der Waals surface area (Å²) < 4.78 is 27.7. The van der Waals surface area contributed by atoms with Crippen LogP contribution in [-0.4, -0.2) is 42.0 Å². The van der Waals surface area contributed by atoms with Gasteiger partial charge in [0.2, 0.25) is 5.03 Å². The normalized spacial score (nSPS) is 11.9. The fraction of sp³-hybridized carbons (Fsp3) is 0.714. The number of nitrogens with zero attached hydrogens (tertiary/aromatic N) is 3. The van der Waals surface area contributed by atoms with Gasteiger partial charge in [0, 0.05) is 13.6 Å². The number of halogens is 1. The molecule has 0 saturated heterocycles. The van der Waals surface area contributed by atoms with Gasteiger partial charge in [0.25, 0.3) is 10.0 Å². The third kappa shape index (κ3) is 3.44. The van der Waals surface area contributed by atoms with Gasteiger partial charge in [-0.15, -0.1) is 5.10 Å². The molecule has 16 heavy (non-hydrogen) atoms. The van der Waals surface area contributed by atoms with E-state index in [1.165, 1.54) is 11.7 Å². The zero-order valence-electron chi connectivity index (χ0n) is 8.97. The van der Waals surface area contributed by atoms with Crippen molar-refractivity contribution in [2.24, 2.45) is 7.05 Å². The van der Waals surface area contributed by atoms with Crippen LogP contribution in [0, 0.1) is 0 Å². The summed E-state index contributed by atoms with van der Waals surface area (Å²) in [5, 5.41) is 7.31. The van der Waals surface area contributed by atoms with Crippen molar-refractivity contribution in [3.63, 3.8) is 0 Å². The molecule has 0 bridgehead atoms. The van der Waals surface area contributed by atoms with E-state index in [-0.39, 0.29) is 9.63 Å². The molecule has 0 aromatic carbocycles. The molecular weight excluding hydrogens is 316 g/mol. The van der Waals surface area contributed by atoms with Crippen LogP contribution in [0.1, 0.15) is 6.42 Å². The van der Waals surface area contributed by atoms with Crippen LogP contribution >= 0.6 is 27.7 Å². The van der Waals surface area contributed by atoms with Gasteiger partial charge in [0.1, 0.15) is 0 Å². The first-order chi connectivity index (χ1) is 7.49. The second-order valence-electron chi connectivity index (χ2n) is 3.05. The first kappa shape index (κ1) is 13.9. The minimum absolute atomic E-state index is 0.0525. The minimum Gasteiger partial charge on any atom is -0.235 e. The molecule has 1 aromatic heterocycles. The second-order valence-corrected chi connectivity index (χ2v) is 6.47. The molecule has 1 aromatic rings. The van der Waals surface area contributed by atoms with Crippen LogP contribution in [-0.2, 0) is 17.1 Å². The maximum Gasteiger partial charge on any atom is 0.260 e. The fourth-order valence-electron chi connectivity index (χ4n) is 1.10. The van der Waals surface area contributed by atoms with Crippen LogP contribution < -0.4 is 4.72 Å². The largest absolute Gasteiger partial charge is 0.260 e. The molecule has 0 aliphatic carbocycles. The summed E-state index contributed by atoms with van der Waals surface area (Å²) in [6, 6.07) is 0. The van der Waals surface area contributed by atoms with Crippen LogP contribution in [0.25, 0.3) is 0 Å². The van der Waals surface area contributed by atoms with E-state index in [9.17, 15) is 8.42 Å². The molecule has 0 aliphatic heterocycles. The van der Waals surface area contributed by atoms with E-state index < -0.39 is 10.0 Å². The summed E-state index contributed by atoms with van der Waals surface area (Å²) in [6.07, 6.45) is 2.78. The molecule has 0 spiro atoms. The van der Waals surface area contributed by atoms with E-state index in [1.807, 2.05) is 6.26 Å². The number of thioether (sulfide) groups is 1. The van der Waals surface area contributed by atoms with Gasteiger partial charge in [-0.05, 0) is 34.4 Å². The van der Waals surface area contributed by atoms with Gasteiger partial charge in [-0.1, -0.05) is 5.21 Å². The molecular formula is C7H13BrN4O2S2. The highest BCUT2D eigenvalue weighted by molar-refractivity contribution is 9.10. The number of hydrogen-bond donors (Lipinski definition) is 1. The minimum atomic E-state index is -3.53. The monoisotopic (exact) mass is 328 g/mol. The molecule has 0 atom stereocenters. The van der Waals surface area contributed by atoms with Crippen LogP contribution in [0.2, 0.25) is 0 Å². The summed E-state index contributed by atoms with van der Waals surface area (Å²) in [7, 11) is -1.99. The number of aromatic nitrogens is 3. The first-order valence-electron chi connectivity index (χ1n) is 4.53. The molecule has 6 nitrogen and oxygen atoms in total. The SMILES string of the molecule is CSCCCNS(=O)(=O)c1c(Br)nnn1C. The van der Waals surface area contributed by atoms with E-state index in [1.54, 1.807) is 11.8 Å². The Morgan fingerprint density at radius 1 is 1.56 bits per heavy atom. The van der Waals surface area contributed by atoms with Gasteiger partial charge in [0.15, 0.2) is 4.60 Å². The Morgan fingerprint density at radius 3 is 2.75 bits per heavy atom. The van der Waals surface area contributed by atoms with Crippen LogP contribution in [0.4, 0.5) is 0 Å². The van der Waals surface area contributed by atoms with Gasteiger partial charge in [-0.3, -0.25) is 0 Å². The van der Waals surface area contributed by atoms with Crippen LogP contribution in [0.5, 0.6) is 0 Å².